The maximum atomic E-state index is 12.6. The highest BCUT2D eigenvalue weighted by Gasteiger charge is 2.29. The molecule has 4 heteroatoms. The Balaban J connectivity index is 2.15. The molecular weight excluding hydrogens is 252 g/mol. The minimum atomic E-state index is -0.285. The van der Waals surface area contributed by atoms with Crippen LogP contribution in [0, 0.1) is 26.7 Å². The summed E-state index contributed by atoms with van der Waals surface area (Å²) >= 11 is 0. The topological polar surface area (TPSA) is 63.4 Å². The average Bonchev–Trinajstić information content (AvgIpc) is 2.74. The average molecular weight is 274 g/mol. The monoisotopic (exact) mass is 274 g/mol. The lowest BCUT2D eigenvalue weighted by atomic mass is 9.99. The summed E-state index contributed by atoms with van der Waals surface area (Å²) in [6.07, 6.45) is 1.23. The zero-order chi connectivity index (χ0) is 14.9. The smallest absolute Gasteiger partial charge is 0.254 e. The molecule has 20 heavy (non-hydrogen) atoms. The van der Waals surface area contributed by atoms with E-state index in [2.05, 4.69) is 0 Å². The third kappa shape index (κ3) is 3.00. The van der Waals surface area contributed by atoms with Gasteiger partial charge in [0.15, 0.2) is 0 Å². The van der Waals surface area contributed by atoms with E-state index in [0.717, 1.165) is 23.1 Å². The number of rotatable bonds is 3. The molecule has 108 valence electrons. The van der Waals surface area contributed by atoms with Crippen molar-refractivity contribution in [2.75, 3.05) is 13.1 Å². The molecule has 1 aliphatic rings. The van der Waals surface area contributed by atoms with Crippen molar-refractivity contribution in [2.45, 2.75) is 33.6 Å². The molecule has 1 fully saturated rings. The van der Waals surface area contributed by atoms with E-state index in [1.807, 2.05) is 37.8 Å². The van der Waals surface area contributed by atoms with E-state index in [-0.39, 0.29) is 17.7 Å². The normalized spacial score (nSPS) is 18.4. The summed E-state index contributed by atoms with van der Waals surface area (Å²) in [5, 5.41) is 0. The zero-order valence-electron chi connectivity index (χ0n) is 12.4. The highest BCUT2D eigenvalue weighted by atomic mass is 16.2. The maximum absolute atomic E-state index is 12.6. The third-order valence-corrected chi connectivity index (χ3v) is 3.95. The Morgan fingerprint density at radius 2 is 1.85 bits per heavy atom. The standard InChI is InChI=1S/C16H22N2O2/c1-10-6-11(2)15(12(3)7-10)16(20)18-5-4-13(9-18)8-14(17)19/h6-7,13H,4-5,8-9H2,1-3H3,(H2,17,19). The van der Waals surface area contributed by atoms with Crippen LogP contribution in [0.25, 0.3) is 0 Å². The Labute approximate surface area is 119 Å². The molecule has 2 amide bonds. The number of carbonyl (C=O) groups is 2. The summed E-state index contributed by atoms with van der Waals surface area (Å²) < 4.78 is 0. The largest absolute Gasteiger partial charge is 0.370 e. The van der Waals surface area contributed by atoms with Gasteiger partial charge in [0.2, 0.25) is 5.91 Å². The number of likely N-dealkylation sites (tertiary alicyclic amines) is 1. The fraction of sp³-hybridized carbons (Fsp3) is 0.500. The Morgan fingerprint density at radius 1 is 1.25 bits per heavy atom. The first kappa shape index (κ1) is 14.6. The molecule has 1 aliphatic heterocycles. The molecule has 4 nitrogen and oxygen atoms in total. The fourth-order valence-electron chi connectivity index (χ4n) is 3.14. The van der Waals surface area contributed by atoms with Crippen LogP contribution in [0.2, 0.25) is 0 Å². The first-order valence-electron chi connectivity index (χ1n) is 7.04. The van der Waals surface area contributed by atoms with Gasteiger partial charge in [0.05, 0.1) is 0 Å². The molecule has 0 spiro atoms. The second-order valence-corrected chi connectivity index (χ2v) is 5.85. The molecule has 1 aromatic rings. The van der Waals surface area contributed by atoms with E-state index < -0.39 is 0 Å². The van der Waals surface area contributed by atoms with Gasteiger partial charge in [-0.15, -0.1) is 0 Å². The highest BCUT2D eigenvalue weighted by molar-refractivity contribution is 5.97. The molecule has 0 bridgehead atoms. The number of nitrogens with two attached hydrogens (primary N) is 1. The molecule has 0 aliphatic carbocycles. The SMILES string of the molecule is Cc1cc(C)c(C(=O)N2CCC(CC(N)=O)C2)c(C)c1. The van der Waals surface area contributed by atoms with Gasteiger partial charge < -0.3 is 10.6 Å². The quantitative estimate of drug-likeness (QED) is 0.915. The van der Waals surface area contributed by atoms with Gasteiger partial charge in [-0.2, -0.15) is 0 Å². The van der Waals surface area contributed by atoms with Crippen LogP contribution in [0.5, 0.6) is 0 Å². The molecule has 1 aromatic carbocycles. The predicted octanol–water partition coefficient (Wildman–Crippen LogP) is 1.95. The first-order valence-corrected chi connectivity index (χ1v) is 7.04. The summed E-state index contributed by atoms with van der Waals surface area (Å²) in [4.78, 5) is 25.5. The van der Waals surface area contributed by atoms with Crippen molar-refractivity contribution in [3.05, 3.63) is 34.4 Å². The predicted molar refractivity (Wildman–Crippen MR) is 78.5 cm³/mol. The van der Waals surface area contributed by atoms with Gasteiger partial charge in [-0.3, -0.25) is 9.59 Å². The summed E-state index contributed by atoms with van der Waals surface area (Å²) in [6, 6.07) is 4.08. The van der Waals surface area contributed by atoms with Crippen molar-refractivity contribution >= 4 is 11.8 Å². The van der Waals surface area contributed by atoms with Crippen LogP contribution in [-0.2, 0) is 4.79 Å². The minimum Gasteiger partial charge on any atom is -0.370 e. The van der Waals surface area contributed by atoms with Crippen LogP contribution in [0.1, 0.15) is 39.9 Å². The highest BCUT2D eigenvalue weighted by Crippen LogP contribution is 2.24. The molecular formula is C16H22N2O2. The molecule has 2 rings (SSSR count). The second kappa shape index (κ2) is 5.65. The van der Waals surface area contributed by atoms with Crippen LogP contribution in [0.15, 0.2) is 12.1 Å². The second-order valence-electron chi connectivity index (χ2n) is 5.85. The van der Waals surface area contributed by atoms with Crippen molar-refractivity contribution in [1.82, 2.24) is 4.90 Å². The third-order valence-electron chi connectivity index (χ3n) is 3.95. The van der Waals surface area contributed by atoms with E-state index in [9.17, 15) is 9.59 Å². The van der Waals surface area contributed by atoms with Crippen LogP contribution in [0.3, 0.4) is 0 Å². The Kier molecular flexibility index (Phi) is 4.12. The molecule has 2 N–H and O–H groups in total. The molecule has 0 radical (unpaired) electrons. The van der Waals surface area contributed by atoms with Gasteiger partial charge in [-0.1, -0.05) is 17.7 Å². The molecule has 1 saturated heterocycles. The molecule has 1 unspecified atom stereocenters. The van der Waals surface area contributed by atoms with E-state index in [1.165, 1.54) is 5.56 Å². The Morgan fingerprint density at radius 3 is 2.40 bits per heavy atom. The Bertz CT molecular complexity index is 528. The molecule has 1 heterocycles. The summed E-state index contributed by atoms with van der Waals surface area (Å²) in [5.74, 6) is 0.00137. The number of aryl methyl sites for hydroxylation is 3. The van der Waals surface area contributed by atoms with Gasteiger partial charge in [0.1, 0.15) is 0 Å². The van der Waals surface area contributed by atoms with Gasteiger partial charge in [0, 0.05) is 25.1 Å². The summed E-state index contributed by atoms with van der Waals surface area (Å²) in [5.41, 5.74) is 9.24. The first-order chi connectivity index (χ1) is 9.38. The molecule has 1 atom stereocenters. The lowest BCUT2D eigenvalue weighted by Crippen LogP contribution is -2.30. The van der Waals surface area contributed by atoms with Crippen molar-refractivity contribution in [3.63, 3.8) is 0 Å². The fourth-order valence-corrected chi connectivity index (χ4v) is 3.14. The number of hydrogen-bond donors (Lipinski definition) is 1. The number of carbonyl (C=O) groups excluding carboxylic acids is 2. The van der Waals surface area contributed by atoms with E-state index >= 15 is 0 Å². The lowest BCUT2D eigenvalue weighted by molar-refractivity contribution is -0.118. The molecule has 0 aromatic heterocycles. The van der Waals surface area contributed by atoms with Gasteiger partial charge in [0.25, 0.3) is 5.91 Å². The van der Waals surface area contributed by atoms with Crippen LogP contribution in [-0.4, -0.2) is 29.8 Å². The van der Waals surface area contributed by atoms with Crippen LogP contribution in [0.4, 0.5) is 0 Å². The van der Waals surface area contributed by atoms with Crippen LogP contribution < -0.4 is 5.73 Å². The van der Waals surface area contributed by atoms with Crippen LogP contribution >= 0.6 is 0 Å². The number of benzene rings is 1. The van der Waals surface area contributed by atoms with Crippen molar-refractivity contribution in [2.24, 2.45) is 11.7 Å². The number of primary amides is 1. The van der Waals surface area contributed by atoms with E-state index in [4.69, 9.17) is 5.73 Å². The van der Waals surface area contributed by atoms with Gasteiger partial charge in [-0.25, -0.2) is 0 Å². The van der Waals surface area contributed by atoms with Gasteiger partial charge in [-0.05, 0) is 44.2 Å². The summed E-state index contributed by atoms with van der Waals surface area (Å²) in [7, 11) is 0. The van der Waals surface area contributed by atoms with E-state index in [1.54, 1.807) is 0 Å². The number of amides is 2. The number of nitrogens with zero attached hydrogens (tertiary/aromatic N) is 1. The van der Waals surface area contributed by atoms with Crippen molar-refractivity contribution in [1.29, 1.82) is 0 Å². The maximum Gasteiger partial charge on any atom is 0.254 e. The number of hydrogen-bond acceptors (Lipinski definition) is 2. The van der Waals surface area contributed by atoms with Crippen molar-refractivity contribution in [3.8, 4) is 0 Å². The minimum absolute atomic E-state index is 0.0759. The Hall–Kier alpha value is -1.84. The van der Waals surface area contributed by atoms with Crippen molar-refractivity contribution < 1.29 is 9.59 Å². The summed E-state index contributed by atoms with van der Waals surface area (Å²) in [6.45, 7) is 7.33. The molecule has 0 saturated carbocycles. The van der Waals surface area contributed by atoms with Gasteiger partial charge >= 0.3 is 0 Å². The zero-order valence-corrected chi connectivity index (χ0v) is 12.4. The van der Waals surface area contributed by atoms with E-state index in [0.29, 0.717) is 19.5 Å². The lowest BCUT2D eigenvalue weighted by Gasteiger charge is -2.19.